The second kappa shape index (κ2) is 8.24. The monoisotopic (exact) mass is 459 g/mol. The Kier molecular flexibility index (Phi) is 5.58. The highest BCUT2D eigenvalue weighted by Crippen LogP contribution is 2.27. The first-order valence-corrected chi connectivity index (χ1v) is 9.86. The fourth-order valence-electron chi connectivity index (χ4n) is 3.12. The molecule has 4 aromatic rings. The molecular formula is C22H20F3N5O3. The van der Waals surface area contributed by atoms with Crippen molar-refractivity contribution in [2.24, 2.45) is 7.05 Å². The first-order valence-electron chi connectivity index (χ1n) is 9.86. The number of ether oxygens (including phenoxy) is 1. The Labute approximate surface area is 186 Å². The van der Waals surface area contributed by atoms with Gasteiger partial charge in [0, 0.05) is 24.9 Å². The quantitative estimate of drug-likeness (QED) is 0.478. The molecule has 2 aromatic heterocycles. The zero-order chi connectivity index (χ0) is 23.9. The van der Waals surface area contributed by atoms with Crippen LogP contribution in [0.15, 0.2) is 53.7 Å². The third kappa shape index (κ3) is 4.40. The van der Waals surface area contributed by atoms with Crippen molar-refractivity contribution in [1.82, 2.24) is 23.9 Å². The highest BCUT2D eigenvalue weighted by Gasteiger charge is 2.22. The molecule has 0 aliphatic rings. The van der Waals surface area contributed by atoms with E-state index < -0.39 is 28.7 Å². The first kappa shape index (κ1) is 22.3. The van der Waals surface area contributed by atoms with E-state index in [1.54, 1.807) is 27.1 Å². The lowest BCUT2D eigenvalue weighted by Crippen LogP contribution is -2.24. The average Bonchev–Trinajstić information content (AvgIpc) is 3.29. The smallest absolute Gasteiger partial charge is 0.350 e. The number of benzene rings is 2. The van der Waals surface area contributed by atoms with Gasteiger partial charge in [-0.2, -0.15) is 14.8 Å². The van der Waals surface area contributed by atoms with Gasteiger partial charge in [-0.15, -0.1) is 0 Å². The molecule has 8 nitrogen and oxygen atoms in total. The minimum Gasteiger partial charge on any atom is -0.422 e. The highest BCUT2D eigenvalue weighted by atomic mass is 19.1. The summed E-state index contributed by atoms with van der Waals surface area (Å²) in [5.41, 5.74) is -1.75. The zero-order valence-corrected chi connectivity index (χ0v) is 18.0. The molecule has 0 unspecified atom stereocenters. The van der Waals surface area contributed by atoms with Crippen molar-refractivity contribution in [2.75, 3.05) is 0 Å². The number of nitrogens with zero attached hydrogens (tertiary/aromatic N) is 5. The third-order valence-corrected chi connectivity index (χ3v) is 4.95. The normalized spacial score (nSPS) is 11.7. The molecule has 0 aliphatic carbocycles. The minimum absolute atomic E-state index is 0.0622. The SMILES string of the molecule is Cn1cc(C(C)(C)O)nc1Oc1ccc(-n2ncn(Cc3c(F)cccc3F)c2=O)cc1F. The van der Waals surface area contributed by atoms with Crippen molar-refractivity contribution < 1.29 is 23.0 Å². The maximum atomic E-state index is 14.7. The minimum atomic E-state index is -1.20. The van der Waals surface area contributed by atoms with Crippen LogP contribution in [0.1, 0.15) is 25.1 Å². The summed E-state index contributed by atoms with van der Waals surface area (Å²) >= 11 is 0. The molecule has 0 aliphatic heterocycles. The molecule has 0 spiro atoms. The highest BCUT2D eigenvalue weighted by molar-refractivity contribution is 5.39. The van der Waals surface area contributed by atoms with Gasteiger partial charge in [-0.3, -0.25) is 4.57 Å². The van der Waals surface area contributed by atoms with E-state index in [0.717, 1.165) is 33.8 Å². The Morgan fingerprint density at radius 2 is 1.79 bits per heavy atom. The maximum Gasteiger partial charge on any atom is 0.350 e. The van der Waals surface area contributed by atoms with E-state index in [-0.39, 0.29) is 29.6 Å². The van der Waals surface area contributed by atoms with Crippen LogP contribution in [-0.2, 0) is 19.2 Å². The topological polar surface area (TPSA) is 87.1 Å². The number of rotatable bonds is 6. The number of aliphatic hydroxyl groups is 1. The molecule has 0 radical (unpaired) electrons. The van der Waals surface area contributed by atoms with E-state index in [4.69, 9.17) is 4.74 Å². The average molecular weight is 459 g/mol. The van der Waals surface area contributed by atoms with Gasteiger partial charge >= 0.3 is 11.7 Å². The van der Waals surface area contributed by atoms with Gasteiger partial charge in [0.25, 0.3) is 0 Å². The summed E-state index contributed by atoms with van der Waals surface area (Å²) < 4.78 is 51.5. The van der Waals surface area contributed by atoms with E-state index >= 15 is 0 Å². The van der Waals surface area contributed by atoms with Crippen LogP contribution in [0.2, 0.25) is 0 Å². The summed E-state index contributed by atoms with van der Waals surface area (Å²) in [7, 11) is 1.63. The van der Waals surface area contributed by atoms with E-state index in [2.05, 4.69) is 10.1 Å². The van der Waals surface area contributed by atoms with Crippen LogP contribution in [0.3, 0.4) is 0 Å². The van der Waals surface area contributed by atoms with Gasteiger partial charge in [0.2, 0.25) is 0 Å². The van der Waals surface area contributed by atoms with E-state index in [9.17, 15) is 23.1 Å². The van der Waals surface area contributed by atoms with E-state index in [1.807, 2.05) is 0 Å². The molecule has 2 heterocycles. The lowest BCUT2D eigenvalue weighted by molar-refractivity contribution is 0.0739. The zero-order valence-electron chi connectivity index (χ0n) is 18.0. The van der Waals surface area contributed by atoms with Gasteiger partial charge in [0.1, 0.15) is 23.6 Å². The fraction of sp³-hybridized carbons (Fsp3) is 0.227. The number of aromatic nitrogens is 5. The molecule has 0 atom stereocenters. The van der Waals surface area contributed by atoms with Crippen LogP contribution >= 0.6 is 0 Å². The van der Waals surface area contributed by atoms with E-state index in [1.165, 1.54) is 22.8 Å². The van der Waals surface area contributed by atoms with Crippen LogP contribution in [0.5, 0.6) is 11.8 Å². The van der Waals surface area contributed by atoms with Crippen LogP contribution in [0.4, 0.5) is 13.2 Å². The molecule has 0 fully saturated rings. The van der Waals surface area contributed by atoms with Gasteiger partial charge in [0.05, 0.1) is 17.9 Å². The number of hydrogen-bond acceptors (Lipinski definition) is 5. The molecule has 0 bridgehead atoms. The predicted octanol–water partition coefficient (Wildman–Crippen LogP) is 3.25. The van der Waals surface area contributed by atoms with Crippen LogP contribution < -0.4 is 10.4 Å². The number of aryl methyl sites for hydroxylation is 1. The van der Waals surface area contributed by atoms with Crippen molar-refractivity contribution >= 4 is 0 Å². The Balaban J connectivity index is 1.59. The number of halogens is 3. The van der Waals surface area contributed by atoms with Gasteiger partial charge < -0.3 is 14.4 Å². The van der Waals surface area contributed by atoms with Gasteiger partial charge in [0.15, 0.2) is 11.6 Å². The third-order valence-electron chi connectivity index (χ3n) is 4.95. The Morgan fingerprint density at radius 3 is 2.39 bits per heavy atom. The summed E-state index contributed by atoms with van der Waals surface area (Å²) in [6.45, 7) is 2.75. The van der Waals surface area contributed by atoms with Crippen molar-refractivity contribution in [2.45, 2.75) is 26.0 Å². The summed E-state index contributed by atoms with van der Waals surface area (Å²) in [5.74, 6) is -2.52. The molecule has 172 valence electrons. The maximum absolute atomic E-state index is 14.7. The molecule has 11 heteroatoms. The molecule has 4 rings (SSSR count). The Bertz CT molecular complexity index is 1360. The standard InChI is InChI=1S/C22H20F3N5O3/c1-22(2,32)19-11-28(3)20(27-19)33-18-8-7-13(9-17(18)25)30-21(31)29(12-26-30)10-14-15(23)5-4-6-16(14)24/h4-9,11-12,32H,10H2,1-3H3. The molecule has 33 heavy (non-hydrogen) atoms. The van der Waals surface area contributed by atoms with Crippen LogP contribution in [0, 0.1) is 17.5 Å². The van der Waals surface area contributed by atoms with Crippen molar-refractivity contribution in [1.29, 1.82) is 0 Å². The molecule has 2 aromatic carbocycles. The predicted molar refractivity (Wildman–Crippen MR) is 112 cm³/mol. The lowest BCUT2D eigenvalue weighted by atomic mass is 10.1. The Morgan fingerprint density at radius 1 is 1.09 bits per heavy atom. The van der Waals surface area contributed by atoms with Crippen molar-refractivity contribution in [3.63, 3.8) is 0 Å². The molecule has 0 saturated carbocycles. The van der Waals surface area contributed by atoms with Gasteiger partial charge in [-0.25, -0.2) is 18.0 Å². The summed E-state index contributed by atoms with van der Waals surface area (Å²) in [6.07, 6.45) is 2.68. The fourth-order valence-corrected chi connectivity index (χ4v) is 3.12. The molecule has 1 N–H and O–H groups in total. The molecule has 0 amide bonds. The molecular weight excluding hydrogens is 439 g/mol. The second-order valence-corrected chi connectivity index (χ2v) is 7.95. The van der Waals surface area contributed by atoms with Crippen LogP contribution in [0.25, 0.3) is 5.69 Å². The summed E-state index contributed by atoms with van der Waals surface area (Å²) in [6, 6.07) is 7.21. The summed E-state index contributed by atoms with van der Waals surface area (Å²) in [5, 5.41) is 14.0. The van der Waals surface area contributed by atoms with E-state index in [0.29, 0.717) is 5.69 Å². The van der Waals surface area contributed by atoms with Gasteiger partial charge in [-0.05, 0) is 38.1 Å². The first-order chi connectivity index (χ1) is 15.5. The Hall–Kier alpha value is -3.86. The van der Waals surface area contributed by atoms with Crippen molar-refractivity contribution in [3.8, 4) is 17.4 Å². The second-order valence-electron chi connectivity index (χ2n) is 7.95. The summed E-state index contributed by atoms with van der Waals surface area (Å²) in [4.78, 5) is 16.8. The van der Waals surface area contributed by atoms with Gasteiger partial charge in [-0.1, -0.05) is 6.07 Å². The largest absolute Gasteiger partial charge is 0.422 e. The molecule has 0 saturated heterocycles. The number of imidazole rings is 1. The lowest BCUT2D eigenvalue weighted by Gasteiger charge is -2.12. The number of hydrogen-bond donors (Lipinski definition) is 1. The van der Waals surface area contributed by atoms with Crippen LogP contribution in [-0.4, -0.2) is 29.0 Å². The van der Waals surface area contributed by atoms with Crippen molar-refractivity contribution in [3.05, 3.63) is 88.1 Å².